The van der Waals surface area contributed by atoms with Crippen molar-refractivity contribution in [2.24, 2.45) is 5.92 Å². The zero-order valence-corrected chi connectivity index (χ0v) is 17.1. The van der Waals surface area contributed by atoms with Crippen molar-refractivity contribution in [3.8, 4) is 5.75 Å². The van der Waals surface area contributed by atoms with Gasteiger partial charge >= 0.3 is 6.09 Å². The zero-order valence-electron chi connectivity index (χ0n) is 17.1. The summed E-state index contributed by atoms with van der Waals surface area (Å²) in [7, 11) is 1.61. The predicted octanol–water partition coefficient (Wildman–Crippen LogP) is 5.23. The van der Waals surface area contributed by atoms with E-state index in [9.17, 15) is 4.79 Å². The number of carbonyl (C=O) groups excluding carboxylic acids is 1. The second-order valence-corrected chi connectivity index (χ2v) is 7.33. The van der Waals surface area contributed by atoms with E-state index >= 15 is 0 Å². The van der Waals surface area contributed by atoms with Crippen LogP contribution in [0.2, 0.25) is 0 Å². The summed E-state index contributed by atoms with van der Waals surface area (Å²) in [6, 6.07) is 13.1. The monoisotopic (exact) mass is 393 g/mol. The Kier molecular flexibility index (Phi) is 6.54. The number of ether oxygens (including phenoxy) is 2. The van der Waals surface area contributed by atoms with Gasteiger partial charge in [0.05, 0.1) is 18.7 Å². The number of hydrogen-bond acceptors (Lipinski definition) is 4. The van der Waals surface area contributed by atoms with Gasteiger partial charge in [0.1, 0.15) is 23.7 Å². The van der Waals surface area contributed by atoms with Crippen LogP contribution in [0.3, 0.4) is 0 Å². The number of hydrogen-bond donors (Lipinski definition) is 2. The molecular weight excluding hydrogens is 366 g/mol. The largest absolute Gasteiger partial charge is 0.494 e. The molecule has 3 aromatic rings. The minimum atomic E-state index is -0.473. The number of alkyl carbamates (subject to hydrolysis) is 1. The number of fused-ring (bicyclic) bond motifs is 1. The second kappa shape index (κ2) is 9.28. The molecule has 152 valence electrons. The number of aromatic nitrogens is 2. The van der Waals surface area contributed by atoms with Crippen molar-refractivity contribution in [1.29, 1.82) is 0 Å². The third kappa shape index (κ3) is 5.16. The van der Waals surface area contributed by atoms with Gasteiger partial charge in [0.2, 0.25) is 0 Å². The molecule has 0 fully saturated rings. The van der Waals surface area contributed by atoms with Crippen LogP contribution in [0.15, 0.2) is 49.0 Å². The molecule has 0 aliphatic rings. The van der Waals surface area contributed by atoms with Gasteiger partial charge in [-0.2, -0.15) is 0 Å². The molecule has 1 heterocycles. The summed E-state index contributed by atoms with van der Waals surface area (Å²) in [5.74, 6) is 1.69. The maximum absolute atomic E-state index is 12.4. The summed E-state index contributed by atoms with van der Waals surface area (Å²) in [5, 5.41) is 2.95. The zero-order chi connectivity index (χ0) is 20.8. The van der Waals surface area contributed by atoms with Crippen LogP contribution in [0.25, 0.3) is 17.1 Å². The van der Waals surface area contributed by atoms with Crippen LogP contribution < -0.4 is 10.1 Å². The first-order chi connectivity index (χ1) is 14.0. The summed E-state index contributed by atoms with van der Waals surface area (Å²) in [5.41, 5.74) is 3.43. The number of nitrogens with zero attached hydrogens (tertiary/aromatic N) is 1. The highest BCUT2D eigenvalue weighted by Crippen LogP contribution is 2.29. The number of rotatable bonds is 8. The average Bonchev–Trinajstić information content (AvgIpc) is 3.15. The molecule has 1 amide bonds. The fraction of sp³-hybridized carbons (Fsp3) is 0.304. The molecule has 0 bridgehead atoms. The van der Waals surface area contributed by atoms with Gasteiger partial charge in [-0.15, -0.1) is 0 Å². The van der Waals surface area contributed by atoms with Crippen LogP contribution in [0.4, 0.5) is 4.79 Å². The van der Waals surface area contributed by atoms with E-state index < -0.39 is 6.09 Å². The molecule has 0 saturated heterocycles. The number of carbonyl (C=O) groups is 1. The normalized spacial score (nSPS) is 12.0. The Morgan fingerprint density at radius 2 is 2.03 bits per heavy atom. The second-order valence-electron chi connectivity index (χ2n) is 7.33. The summed E-state index contributed by atoms with van der Waals surface area (Å²) < 4.78 is 10.9. The lowest BCUT2D eigenvalue weighted by Crippen LogP contribution is -2.30. The summed E-state index contributed by atoms with van der Waals surface area (Å²) in [6.07, 6.45) is 2.00. The van der Waals surface area contributed by atoms with E-state index in [1.807, 2.05) is 42.5 Å². The topological polar surface area (TPSA) is 76.2 Å². The standard InChI is InChI=1S/C23H27N3O3/c1-5-16-12-18-21(20(13-16)28-4)26-22(24-18)19(11-15(2)3)25-23(27)29-14-17-9-7-6-8-10-17/h5-10,12-13,15,19H,1,11,14H2,2-4H3,(H,24,26)(H,25,27)/t19-/m1/s1. The van der Waals surface area contributed by atoms with Gasteiger partial charge in [0, 0.05) is 0 Å². The lowest BCUT2D eigenvalue weighted by Gasteiger charge is -2.18. The van der Waals surface area contributed by atoms with Gasteiger partial charge in [0.15, 0.2) is 0 Å². The molecule has 0 spiro atoms. The predicted molar refractivity (Wildman–Crippen MR) is 115 cm³/mol. The van der Waals surface area contributed by atoms with E-state index in [-0.39, 0.29) is 12.6 Å². The van der Waals surface area contributed by atoms with Crippen LogP contribution in [0.1, 0.15) is 43.3 Å². The number of imidazole rings is 1. The minimum absolute atomic E-state index is 0.220. The van der Waals surface area contributed by atoms with Gasteiger partial charge in [0.25, 0.3) is 0 Å². The molecule has 6 heteroatoms. The Bertz CT molecular complexity index is 980. The molecule has 2 N–H and O–H groups in total. The molecule has 0 aliphatic carbocycles. The van der Waals surface area contributed by atoms with Crippen LogP contribution in [-0.4, -0.2) is 23.2 Å². The Hall–Kier alpha value is -3.28. The molecule has 2 aromatic carbocycles. The molecule has 6 nitrogen and oxygen atoms in total. The smallest absolute Gasteiger partial charge is 0.408 e. The summed E-state index contributed by atoms with van der Waals surface area (Å²) in [6.45, 7) is 8.24. The van der Waals surface area contributed by atoms with E-state index in [1.54, 1.807) is 13.2 Å². The number of aromatic amines is 1. The summed E-state index contributed by atoms with van der Waals surface area (Å²) in [4.78, 5) is 20.4. The van der Waals surface area contributed by atoms with E-state index in [4.69, 9.17) is 14.5 Å². The SMILES string of the molecule is C=Cc1cc(OC)c2nc([C@@H](CC(C)C)NC(=O)OCc3ccccc3)[nH]c2c1. The third-order valence-electron chi connectivity index (χ3n) is 4.59. The Labute approximate surface area is 170 Å². The molecule has 0 saturated carbocycles. The van der Waals surface area contributed by atoms with Crippen molar-refractivity contribution in [2.75, 3.05) is 7.11 Å². The van der Waals surface area contributed by atoms with Gasteiger partial charge in [-0.05, 0) is 35.6 Å². The van der Waals surface area contributed by atoms with E-state index in [1.165, 1.54) is 0 Å². The molecule has 3 rings (SSSR count). The van der Waals surface area contributed by atoms with Gasteiger partial charge in [-0.25, -0.2) is 9.78 Å². The van der Waals surface area contributed by atoms with Crippen LogP contribution in [0, 0.1) is 5.92 Å². The van der Waals surface area contributed by atoms with Crippen LogP contribution >= 0.6 is 0 Å². The lowest BCUT2D eigenvalue weighted by molar-refractivity contribution is 0.134. The highest BCUT2D eigenvalue weighted by Gasteiger charge is 2.22. The molecule has 29 heavy (non-hydrogen) atoms. The van der Waals surface area contributed by atoms with E-state index in [0.717, 1.165) is 28.6 Å². The molecular formula is C23H27N3O3. The van der Waals surface area contributed by atoms with Crippen molar-refractivity contribution in [3.05, 3.63) is 66.0 Å². The molecule has 1 atom stereocenters. The third-order valence-corrected chi connectivity index (χ3v) is 4.59. The number of amides is 1. The van der Waals surface area contributed by atoms with Crippen LogP contribution in [-0.2, 0) is 11.3 Å². The Morgan fingerprint density at radius 3 is 2.69 bits per heavy atom. The summed E-state index contributed by atoms with van der Waals surface area (Å²) >= 11 is 0. The first-order valence-electron chi connectivity index (χ1n) is 9.67. The fourth-order valence-electron chi connectivity index (χ4n) is 3.18. The van der Waals surface area contributed by atoms with Crippen molar-refractivity contribution in [1.82, 2.24) is 15.3 Å². The Balaban J connectivity index is 1.80. The van der Waals surface area contributed by atoms with Gasteiger partial charge < -0.3 is 19.8 Å². The lowest BCUT2D eigenvalue weighted by atomic mass is 10.0. The first-order valence-corrected chi connectivity index (χ1v) is 9.67. The van der Waals surface area contributed by atoms with Crippen molar-refractivity contribution < 1.29 is 14.3 Å². The maximum Gasteiger partial charge on any atom is 0.408 e. The van der Waals surface area contributed by atoms with Crippen LogP contribution in [0.5, 0.6) is 5.75 Å². The highest BCUT2D eigenvalue weighted by atomic mass is 16.5. The Morgan fingerprint density at radius 1 is 1.28 bits per heavy atom. The fourth-order valence-corrected chi connectivity index (χ4v) is 3.18. The molecule has 1 aromatic heterocycles. The van der Waals surface area contributed by atoms with Crippen molar-refractivity contribution in [2.45, 2.75) is 32.9 Å². The molecule has 0 aliphatic heterocycles. The molecule has 0 unspecified atom stereocenters. The van der Waals surface area contributed by atoms with Gasteiger partial charge in [-0.1, -0.05) is 56.8 Å². The maximum atomic E-state index is 12.4. The van der Waals surface area contributed by atoms with Gasteiger partial charge in [-0.3, -0.25) is 0 Å². The minimum Gasteiger partial charge on any atom is -0.494 e. The van der Waals surface area contributed by atoms with E-state index in [2.05, 4.69) is 30.7 Å². The highest BCUT2D eigenvalue weighted by molar-refractivity contribution is 5.84. The first kappa shape index (κ1) is 20.5. The number of benzene rings is 2. The quantitative estimate of drug-likeness (QED) is 0.549. The number of nitrogens with one attached hydrogen (secondary N) is 2. The molecule has 0 radical (unpaired) electrons. The van der Waals surface area contributed by atoms with Crippen molar-refractivity contribution in [3.63, 3.8) is 0 Å². The average molecular weight is 393 g/mol. The van der Waals surface area contributed by atoms with Crippen molar-refractivity contribution >= 4 is 23.2 Å². The van der Waals surface area contributed by atoms with E-state index in [0.29, 0.717) is 17.5 Å². The number of methoxy groups -OCH3 is 1. The number of H-pyrrole nitrogens is 1.